The van der Waals surface area contributed by atoms with E-state index in [0.717, 1.165) is 35.3 Å². The summed E-state index contributed by atoms with van der Waals surface area (Å²) < 4.78 is 6.74. The Kier molecular flexibility index (Phi) is 5.63. The molecule has 1 aliphatic carbocycles. The number of aromatic nitrogens is 4. The van der Waals surface area contributed by atoms with Gasteiger partial charge < -0.3 is 14.6 Å². The number of anilines is 1. The number of hydrogen-bond donors (Lipinski definition) is 1. The molecule has 3 heterocycles. The van der Waals surface area contributed by atoms with Crippen LogP contribution in [0.3, 0.4) is 0 Å². The van der Waals surface area contributed by atoms with Crippen molar-refractivity contribution in [2.75, 3.05) is 18.2 Å². The molecule has 8 nitrogen and oxygen atoms in total. The lowest BCUT2D eigenvalue weighted by Gasteiger charge is -2.07. The molecule has 1 amide bonds. The Morgan fingerprint density at radius 3 is 2.97 bits per heavy atom. The Labute approximate surface area is 175 Å². The summed E-state index contributed by atoms with van der Waals surface area (Å²) in [6.45, 7) is 0. The van der Waals surface area contributed by atoms with Gasteiger partial charge in [0.05, 0.1) is 18.4 Å². The quantitative estimate of drug-likeness (QED) is 0.475. The number of fused-ring (bicyclic) bond motifs is 1. The van der Waals surface area contributed by atoms with Crippen molar-refractivity contribution in [2.45, 2.75) is 24.4 Å². The highest BCUT2D eigenvalue weighted by Crippen LogP contribution is 2.39. The number of rotatable bonds is 6. The van der Waals surface area contributed by atoms with E-state index in [9.17, 15) is 9.59 Å². The maximum atomic E-state index is 12.5. The molecule has 0 saturated carbocycles. The molecule has 0 saturated heterocycles. The smallest absolute Gasteiger partial charge is 0.341 e. The summed E-state index contributed by atoms with van der Waals surface area (Å²) in [7, 11) is 3.21. The number of nitrogens with one attached hydrogen (secondary N) is 1. The van der Waals surface area contributed by atoms with Crippen molar-refractivity contribution in [2.24, 2.45) is 7.05 Å². The van der Waals surface area contributed by atoms with E-state index in [2.05, 4.69) is 20.5 Å². The second-order valence-electron chi connectivity index (χ2n) is 6.50. The van der Waals surface area contributed by atoms with E-state index in [1.807, 2.05) is 23.7 Å². The summed E-state index contributed by atoms with van der Waals surface area (Å²) in [6.07, 6.45) is 6.22. The minimum Gasteiger partial charge on any atom is -0.465 e. The van der Waals surface area contributed by atoms with Crippen molar-refractivity contribution in [1.82, 2.24) is 19.7 Å². The van der Waals surface area contributed by atoms with Crippen LogP contribution < -0.4 is 5.32 Å². The summed E-state index contributed by atoms with van der Waals surface area (Å²) in [4.78, 5) is 30.0. The Morgan fingerprint density at radius 2 is 2.21 bits per heavy atom. The van der Waals surface area contributed by atoms with Crippen LogP contribution in [-0.2, 0) is 29.4 Å². The van der Waals surface area contributed by atoms with Crippen LogP contribution in [-0.4, -0.2) is 44.5 Å². The van der Waals surface area contributed by atoms with Gasteiger partial charge in [-0.3, -0.25) is 9.78 Å². The predicted octanol–water partition coefficient (Wildman–Crippen LogP) is 2.94. The molecule has 0 aromatic carbocycles. The highest BCUT2D eigenvalue weighted by Gasteiger charge is 2.28. The topological polar surface area (TPSA) is 99.0 Å². The Morgan fingerprint density at radius 1 is 1.34 bits per heavy atom. The number of carbonyl (C=O) groups excluding carboxylic acids is 2. The lowest BCUT2D eigenvalue weighted by molar-refractivity contribution is -0.113. The Balaban J connectivity index is 1.44. The molecule has 3 aromatic heterocycles. The van der Waals surface area contributed by atoms with Gasteiger partial charge >= 0.3 is 5.97 Å². The van der Waals surface area contributed by atoms with Crippen molar-refractivity contribution >= 4 is 40.0 Å². The molecule has 4 rings (SSSR count). The first-order valence-corrected chi connectivity index (χ1v) is 10.8. The minimum absolute atomic E-state index is 0.155. The number of thiophene rings is 1. The van der Waals surface area contributed by atoms with E-state index in [4.69, 9.17) is 4.74 Å². The molecule has 150 valence electrons. The number of pyridine rings is 1. The van der Waals surface area contributed by atoms with E-state index in [1.54, 1.807) is 12.4 Å². The average Bonchev–Trinajstić information content (AvgIpc) is 3.41. The van der Waals surface area contributed by atoms with E-state index in [-0.39, 0.29) is 11.7 Å². The lowest BCUT2D eigenvalue weighted by atomic mass is 10.1. The first-order valence-electron chi connectivity index (χ1n) is 9.03. The standard InChI is InChI=1S/C19H19N5O3S2/c1-24-16(11-5-4-8-20-9-11)22-23-19(24)28-10-14(25)21-17-15(18(26)27-2)12-6-3-7-13(12)29-17/h4-5,8-9H,3,6-7,10H2,1-2H3,(H,21,25). The molecule has 0 atom stereocenters. The highest BCUT2D eigenvalue weighted by atomic mass is 32.2. The molecule has 10 heteroatoms. The molecular formula is C19H19N5O3S2. The fraction of sp³-hybridized carbons (Fsp3) is 0.316. The Bertz CT molecular complexity index is 1060. The minimum atomic E-state index is -0.401. The van der Waals surface area contributed by atoms with Gasteiger partial charge in [-0.05, 0) is 37.0 Å². The number of esters is 1. The summed E-state index contributed by atoms with van der Waals surface area (Å²) in [5.41, 5.74) is 2.37. The molecule has 1 N–H and O–H groups in total. The highest BCUT2D eigenvalue weighted by molar-refractivity contribution is 7.99. The van der Waals surface area contributed by atoms with Crippen molar-refractivity contribution in [3.8, 4) is 11.4 Å². The van der Waals surface area contributed by atoms with Gasteiger partial charge in [-0.25, -0.2) is 4.79 Å². The van der Waals surface area contributed by atoms with E-state index >= 15 is 0 Å². The number of amides is 1. The van der Waals surface area contributed by atoms with Crippen molar-refractivity contribution in [3.63, 3.8) is 0 Å². The second-order valence-corrected chi connectivity index (χ2v) is 8.54. The summed E-state index contributed by atoms with van der Waals surface area (Å²) in [5, 5.41) is 12.4. The number of carbonyl (C=O) groups is 2. The van der Waals surface area contributed by atoms with Crippen LogP contribution in [0.4, 0.5) is 5.00 Å². The van der Waals surface area contributed by atoms with Crippen molar-refractivity contribution in [3.05, 3.63) is 40.5 Å². The van der Waals surface area contributed by atoms with Gasteiger partial charge in [0.1, 0.15) is 5.00 Å². The van der Waals surface area contributed by atoms with Crippen LogP contribution in [0.25, 0.3) is 11.4 Å². The Hall–Kier alpha value is -2.72. The van der Waals surface area contributed by atoms with E-state index < -0.39 is 5.97 Å². The predicted molar refractivity (Wildman–Crippen MR) is 111 cm³/mol. The molecule has 3 aromatic rings. The van der Waals surface area contributed by atoms with Gasteiger partial charge in [-0.1, -0.05) is 11.8 Å². The third-order valence-corrected chi connectivity index (χ3v) is 6.88. The number of aryl methyl sites for hydroxylation is 1. The van der Waals surface area contributed by atoms with Crippen molar-refractivity contribution < 1.29 is 14.3 Å². The van der Waals surface area contributed by atoms with Crippen LogP contribution in [0.2, 0.25) is 0 Å². The normalized spacial score (nSPS) is 12.6. The monoisotopic (exact) mass is 429 g/mol. The molecule has 29 heavy (non-hydrogen) atoms. The van der Waals surface area contributed by atoms with Crippen molar-refractivity contribution in [1.29, 1.82) is 0 Å². The fourth-order valence-electron chi connectivity index (χ4n) is 3.29. The molecule has 0 unspecified atom stereocenters. The number of ether oxygens (including phenoxy) is 1. The molecule has 1 aliphatic rings. The van der Waals surface area contributed by atoms with Crippen LogP contribution in [0.1, 0.15) is 27.2 Å². The van der Waals surface area contributed by atoms with Gasteiger partial charge in [0.2, 0.25) is 5.91 Å². The molecule has 0 bridgehead atoms. The first-order chi connectivity index (χ1) is 14.1. The number of hydrogen-bond acceptors (Lipinski definition) is 8. The van der Waals surface area contributed by atoms with Gasteiger partial charge in [-0.15, -0.1) is 21.5 Å². The number of methoxy groups -OCH3 is 1. The van der Waals surface area contributed by atoms with E-state index in [1.165, 1.54) is 30.2 Å². The molecule has 0 aliphatic heterocycles. The average molecular weight is 430 g/mol. The van der Waals surface area contributed by atoms with Crippen LogP contribution in [0.15, 0.2) is 29.7 Å². The summed E-state index contributed by atoms with van der Waals surface area (Å²) in [6, 6.07) is 3.74. The molecule has 0 radical (unpaired) electrons. The van der Waals surface area contributed by atoms with Gasteiger partial charge in [0.15, 0.2) is 11.0 Å². The van der Waals surface area contributed by atoms with Crippen LogP contribution >= 0.6 is 23.1 Å². The fourth-order valence-corrected chi connectivity index (χ4v) is 5.29. The maximum absolute atomic E-state index is 12.5. The molecule has 0 spiro atoms. The summed E-state index contributed by atoms with van der Waals surface area (Å²) >= 11 is 2.75. The zero-order valence-corrected chi connectivity index (χ0v) is 17.6. The third-order valence-electron chi connectivity index (χ3n) is 4.65. The summed E-state index contributed by atoms with van der Waals surface area (Å²) in [5.74, 6) is 0.235. The number of nitrogens with zero attached hydrogens (tertiary/aromatic N) is 4. The zero-order chi connectivity index (χ0) is 20.4. The molecular weight excluding hydrogens is 410 g/mol. The largest absolute Gasteiger partial charge is 0.465 e. The zero-order valence-electron chi connectivity index (χ0n) is 16.0. The number of thioether (sulfide) groups is 1. The third kappa shape index (κ3) is 3.90. The first kappa shape index (κ1) is 19.6. The van der Waals surface area contributed by atoms with Gasteiger partial charge in [0, 0.05) is 29.9 Å². The lowest BCUT2D eigenvalue weighted by Crippen LogP contribution is -2.16. The van der Waals surface area contributed by atoms with Gasteiger partial charge in [0.25, 0.3) is 0 Å². The van der Waals surface area contributed by atoms with Crippen LogP contribution in [0.5, 0.6) is 0 Å². The van der Waals surface area contributed by atoms with Gasteiger partial charge in [-0.2, -0.15) is 0 Å². The maximum Gasteiger partial charge on any atom is 0.341 e. The second kappa shape index (κ2) is 8.34. The SMILES string of the molecule is COC(=O)c1c(NC(=O)CSc2nnc(-c3cccnc3)n2C)sc2c1CCC2. The molecule has 0 fully saturated rings. The van der Waals surface area contributed by atoms with Crippen LogP contribution in [0, 0.1) is 0 Å². The van der Waals surface area contributed by atoms with E-state index in [0.29, 0.717) is 21.5 Å².